The van der Waals surface area contributed by atoms with Crippen LogP contribution in [0.1, 0.15) is 11.1 Å². The van der Waals surface area contributed by atoms with E-state index in [9.17, 15) is 40.0 Å². The summed E-state index contributed by atoms with van der Waals surface area (Å²) >= 11 is 0. The van der Waals surface area contributed by atoms with Crippen LogP contribution in [-0.2, 0) is 7.05 Å². The minimum Gasteiger partial charge on any atom is -0.508 e. The van der Waals surface area contributed by atoms with Gasteiger partial charge < -0.3 is 10.2 Å². The Morgan fingerprint density at radius 1 is 1.06 bits per heavy atom. The Labute approximate surface area is 177 Å². The number of nitro benzene ring substituents is 2. The van der Waals surface area contributed by atoms with Crippen molar-refractivity contribution in [2.45, 2.75) is 0 Å². The van der Waals surface area contributed by atoms with Gasteiger partial charge in [-0.05, 0) is 30.3 Å². The summed E-state index contributed by atoms with van der Waals surface area (Å²) in [7, 11) is 1.19. The smallest absolute Gasteiger partial charge is 0.330 e. The Kier molecular flexibility index (Phi) is 5.69. The molecule has 0 radical (unpaired) electrons. The molecule has 4 N–H and O–H groups in total. The summed E-state index contributed by atoms with van der Waals surface area (Å²) in [5.74, 6) is -0.837. The molecular formula is C18H14N6O8. The highest BCUT2D eigenvalue weighted by molar-refractivity contribution is 6.14. The fourth-order valence-electron chi connectivity index (χ4n) is 2.70. The molecule has 0 saturated heterocycles. The molecule has 14 nitrogen and oxygen atoms in total. The molecule has 0 fully saturated rings. The van der Waals surface area contributed by atoms with Crippen molar-refractivity contribution in [1.29, 1.82) is 0 Å². The van der Waals surface area contributed by atoms with Crippen LogP contribution in [0.4, 0.5) is 17.1 Å². The van der Waals surface area contributed by atoms with Crippen molar-refractivity contribution in [2.75, 3.05) is 5.43 Å². The molecule has 14 heteroatoms. The Morgan fingerprint density at radius 3 is 2.31 bits per heavy atom. The number of aromatic amines is 1. The number of rotatable bonds is 6. The van der Waals surface area contributed by atoms with Crippen LogP contribution in [0.25, 0.3) is 0 Å². The maximum Gasteiger partial charge on any atom is 0.330 e. The molecule has 2 aromatic carbocycles. The van der Waals surface area contributed by atoms with Crippen LogP contribution in [0.15, 0.2) is 57.2 Å². The third-order valence-corrected chi connectivity index (χ3v) is 4.35. The quantitative estimate of drug-likeness (QED) is 0.245. The fourth-order valence-corrected chi connectivity index (χ4v) is 2.70. The van der Waals surface area contributed by atoms with Gasteiger partial charge in [0.05, 0.1) is 15.9 Å². The van der Waals surface area contributed by atoms with E-state index in [1.54, 1.807) is 0 Å². The summed E-state index contributed by atoms with van der Waals surface area (Å²) < 4.78 is 0.751. The van der Waals surface area contributed by atoms with Crippen LogP contribution in [0, 0.1) is 20.2 Å². The molecule has 32 heavy (non-hydrogen) atoms. The topological polar surface area (TPSA) is 206 Å². The van der Waals surface area contributed by atoms with E-state index in [-0.39, 0.29) is 22.7 Å². The lowest BCUT2D eigenvalue weighted by Crippen LogP contribution is -2.33. The van der Waals surface area contributed by atoms with E-state index in [0.29, 0.717) is 0 Å². The van der Waals surface area contributed by atoms with Gasteiger partial charge >= 0.3 is 11.4 Å². The molecule has 0 unspecified atom stereocenters. The van der Waals surface area contributed by atoms with Gasteiger partial charge in [-0.1, -0.05) is 0 Å². The highest BCUT2D eigenvalue weighted by Crippen LogP contribution is 2.29. The molecule has 0 spiro atoms. The molecule has 0 saturated carbocycles. The second kappa shape index (κ2) is 8.39. The van der Waals surface area contributed by atoms with Gasteiger partial charge in [0.2, 0.25) is 5.88 Å². The predicted molar refractivity (Wildman–Crippen MR) is 111 cm³/mol. The highest BCUT2D eigenvalue weighted by atomic mass is 16.6. The van der Waals surface area contributed by atoms with E-state index >= 15 is 0 Å². The third kappa shape index (κ3) is 4.13. The highest BCUT2D eigenvalue weighted by Gasteiger charge is 2.22. The zero-order valence-electron chi connectivity index (χ0n) is 16.2. The van der Waals surface area contributed by atoms with Gasteiger partial charge in [-0.25, -0.2) is 4.79 Å². The number of H-pyrrole nitrogens is 1. The number of nitro groups is 2. The average Bonchev–Trinajstić information content (AvgIpc) is 2.75. The first-order valence-corrected chi connectivity index (χ1v) is 8.68. The molecule has 0 bridgehead atoms. The summed E-state index contributed by atoms with van der Waals surface area (Å²) in [6, 6.07) is 8.04. The Hall–Kier alpha value is -5.01. The summed E-state index contributed by atoms with van der Waals surface area (Å²) in [6.45, 7) is 0. The summed E-state index contributed by atoms with van der Waals surface area (Å²) in [6.07, 6.45) is 0. The summed E-state index contributed by atoms with van der Waals surface area (Å²) in [4.78, 5) is 46.8. The van der Waals surface area contributed by atoms with Gasteiger partial charge in [0.15, 0.2) is 0 Å². The van der Waals surface area contributed by atoms with Gasteiger partial charge in [0.25, 0.3) is 11.2 Å². The van der Waals surface area contributed by atoms with Gasteiger partial charge in [0, 0.05) is 18.7 Å². The van der Waals surface area contributed by atoms with Crippen molar-refractivity contribution in [1.82, 2.24) is 9.55 Å². The van der Waals surface area contributed by atoms with Crippen LogP contribution in [0.5, 0.6) is 11.6 Å². The lowest BCUT2D eigenvalue weighted by Gasteiger charge is -2.11. The normalized spacial score (nSPS) is 11.2. The molecule has 0 atom stereocenters. The van der Waals surface area contributed by atoms with E-state index in [1.165, 1.54) is 31.3 Å². The first-order chi connectivity index (χ1) is 15.1. The number of hydrazone groups is 1. The zero-order valence-corrected chi connectivity index (χ0v) is 16.2. The maximum atomic E-state index is 12.4. The Bertz CT molecular complexity index is 1370. The lowest BCUT2D eigenvalue weighted by atomic mass is 10.0. The van der Waals surface area contributed by atoms with Crippen LogP contribution >= 0.6 is 0 Å². The number of phenols is 1. The van der Waals surface area contributed by atoms with Crippen molar-refractivity contribution in [2.24, 2.45) is 12.1 Å². The number of benzene rings is 2. The maximum absolute atomic E-state index is 12.4. The van der Waals surface area contributed by atoms with Crippen molar-refractivity contribution < 1.29 is 20.1 Å². The number of aromatic hydroxyl groups is 2. The number of aromatic nitrogens is 2. The number of nitrogens with one attached hydrogen (secondary N) is 2. The second-order valence-electron chi connectivity index (χ2n) is 6.35. The summed E-state index contributed by atoms with van der Waals surface area (Å²) in [5.41, 5.74) is -1.39. The van der Waals surface area contributed by atoms with Crippen molar-refractivity contribution in [3.05, 3.63) is 94.7 Å². The molecule has 0 amide bonds. The van der Waals surface area contributed by atoms with Gasteiger partial charge in [-0.3, -0.25) is 40.0 Å². The van der Waals surface area contributed by atoms with Crippen LogP contribution < -0.4 is 16.7 Å². The molecule has 0 aliphatic carbocycles. The minimum absolute atomic E-state index is 0.106. The van der Waals surface area contributed by atoms with Gasteiger partial charge in [-0.2, -0.15) is 5.10 Å². The molecule has 3 aromatic rings. The van der Waals surface area contributed by atoms with E-state index in [4.69, 9.17) is 0 Å². The number of anilines is 1. The van der Waals surface area contributed by atoms with Crippen molar-refractivity contribution in [3.8, 4) is 11.6 Å². The first-order valence-electron chi connectivity index (χ1n) is 8.68. The molecule has 1 heterocycles. The molecular weight excluding hydrogens is 428 g/mol. The van der Waals surface area contributed by atoms with Gasteiger partial charge in [0.1, 0.15) is 22.7 Å². The number of phenolic OH excluding ortho intramolecular Hbond substituents is 1. The monoisotopic (exact) mass is 442 g/mol. The fraction of sp³-hybridized carbons (Fsp3) is 0.0556. The van der Waals surface area contributed by atoms with E-state index in [2.05, 4.69) is 10.5 Å². The first kappa shape index (κ1) is 21.7. The number of hydrogen-bond acceptors (Lipinski definition) is 10. The lowest BCUT2D eigenvalue weighted by molar-refractivity contribution is -0.393. The molecule has 164 valence electrons. The predicted octanol–water partition coefficient (Wildman–Crippen LogP) is 1.17. The van der Waals surface area contributed by atoms with Crippen LogP contribution in [0.2, 0.25) is 0 Å². The van der Waals surface area contributed by atoms with E-state index in [1.807, 2.05) is 4.98 Å². The SMILES string of the molecule is Cn1c(O)c(/C(=N/Nc2ccc([N+](=O)[O-])cc2[N+](=O)[O-])c2ccc(O)cc2)c(=O)[nH]c1=O. The van der Waals surface area contributed by atoms with Gasteiger partial charge in [-0.15, -0.1) is 0 Å². The average molecular weight is 442 g/mol. The molecule has 0 aliphatic heterocycles. The van der Waals surface area contributed by atoms with E-state index in [0.717, 1.165) is 22.8 Å². The third-order valence-electron chi connectivity index (χ3n) is 4.35. The van der Waals surface area contributed by atoms with Crippen molar-refractivity contribution >= 4 is 22.8 Å². The molecule has 0 aliphatic rings. The Morgan fingerprint density at radius 2 is 1.72 bits per heavy atom. The van der Waals surface area contributed by atoms with E-state index < -0.39 is 43.9 Å². The largest absolute Gasteiger partial charge is 0.508 e. The molecule has 3 rings (SSSR count). The number of hydrogen-bond donors (Lipinski definition) is 4. The van der Waals surface area contributed by atoms with Crippen molar-refractivity contribution in [3.63, 3.8) is 0 Å². The van der Waals surface area contributed by atoms with Crippen LogP contribution in [0.3, 0.4) is 0 Å². The number of non-ortho nitro benzene ring substituents is 1. The second-order valence-corrected chi connectivity index (χ2v) is 6.35. The number of nitrogens with zero attached hydrogens (tertiary/aromatic N) is 4. The zero-order chi connectivity index (χ0) is 23.6. The summed E-state index contributed by atoms with van der Waals surface area (Å²) in [5, 5.41) is 46.1. The standard InChI is InChI=1S/C18H14N6O8/c1-22-17(27)14(16(26)19-18(22)28)15(9-2-5-11(25)6-3-9)21-20-12-7-4-10(23(29)30)8-13(12)24(31)32/h2-8,20,25,27H,1H3,(H,19,26,28)/b21-15+. The van der Waals surface area contributed by atoms with Crippen LogP contribution in [-0.4, -0.2) is 35.3 Å². The minimum atomic E-state index is -0.988. The molecule has 1 aromatic heterocycles. The Balaban J connectivity index is 2.21.